The summed E-state index contributed by atoms with van der Waals surface area (Å²) >= 11 is 1.40. The number of thioether (sulfide) groups is 1. The van der Waals surface area contributed by atoms with Crippen LogP contribution in [0.2, 0.25) is 0 Å². The summed E-state index contributed by atoms with van der Waals surface area (Å²) in [5.41, 5.74) is 2.12. The van der Waals surface area contributed by atoms with Crippen molar-refractivity contribution in [3.8, 4) is 17.1 Å². The number of anilines is 1. The summed E-state index contributed by atoms with van der Waals surface area (Å²) in [7, 11) is 0. The first-order chi connectivity index (χ1) is 16.9. The highest BCUT2D eigenvalue weighted by Gasteiger charge is 2.28. The number of carbonyl (C=O) groups excluding carboxylic acids is 1. The summed E-state index contributed by atoms with van der Waals surface area (Å²) in [6.45, 7) is 6.67. The van der Waals surface area contributed by atoms with Crippen molar-refractivity contribution in [2.45, 2.75) is 69.4 Å². The molecule has 0 unspecified atom stereocenters. The third-order valence-corrected chi connectivity index (χ3v) is 7.32. The molecular weight excluding hydrogens is 462 g/mol. The zero-order valence-corrected chi connectivity index (χ0v) is 21.0. The van der Waals surface area contributed by atoms with Crippen molar-refractivity contribution in [3.63, 3.8) is 0 Å². The van der Waals surface area contributed by atoms with E-state index in [0.29, 0.717) is 28.0 Å². The average Bonchev–Trinajstić information content (AvgIpc) is 3.35. The van der Waals surface area contributed by atoms with E-state index in [-0.39, 0.29) is 17.5 Å². The van der Waals surface area contributed by atoms with Gasteiger partial charge in [0.1, 0.15) is 11.4 Å². The van der Waals surface area contributed by atoms with Crippen molar-refractivity contribution < 1.29 is 4.79 Å². The Labute approximate surface area is 207 Å². The minimum Gasteiger partial charge on any atom is -0.324 e. The number of benzene rings is 1. The van der Waals surface area contributed by atoms with E-state index >= 15 is 0 Å². The Kier molecular flexibility index (Phi) is 6.46. The van der Waals surface area contributed by atoms with Gasteiger partial charge in [0.25, 0.3) is 5.56 Å². The summed E-state index contributed by atoms with van der Waals surface area (Å²) < 4.78 is 5.34. The predicted molar refractivity (Wildman–Crippen MR) is 136 cm³/mol. The number of fused-ring (bicyclic) bond motifs is 3. The second-order valence-electron chi connectivity index (χ2n) is 9.06. The summed E-state index contributed by atoms with van der Waals surface area (Å²) in [6.07, 6.45) is 5.57. The van der Waals surface area contributed by atoms with E-state index in [4.69, 9.17) is 4.98 Å². The van der Waals surface area contributed by atoms with Gasteiger partial charge in [0.2, 0.25) is 5.91 Å². The quantitative estimate of drug-likeness (QED) is 0.321. The molecule has 5 rings (SSSR count). The van der Waals surface area contributed by atoms with Crippen LogP contribution in [0.5, 0.6) is 0 Å². The minimum atomic E-state index is -0.404. The molecule has 0 aliphatic carbocycles. The van der Waals surface area contributed by atoms with Crippen LogP contribution in [0.1, 0.15) is 51.8 Å². The van der Waals surface area contributed by atoms with Gasteiger partial charge in [-0.1, -0.05) is 36.4 Å². The standard InChI is InChI=1S/C25H29N7O2S/c1-16(2)31-20(13-14-26-31)27-23(33)17(3)35-25-28-22-21(19-12-8-5-9-15-30(19)25)24(34)32(29-22)18-10-6-4-7-11-18/h4,6-7,10-11,13-14,16-17H,5,8-9,12,15H2,1-3H3,(H,27,33)/t17-/m0/s1. The van der Waals surface area contributed by atoms with Crippen molar-refractivity contribution >= 4 is 23.5 Å². The van der Waals surface area contributed by atoms with Gasteiger partial charge < -0.3 is 9.88 Å². The topological polar surface area (TPSA) is 99.6 Å². The molecular formula is C25H29N7O2S. The number of carbonyl (C=O) groups is 1. The van der Waals surface area contributed by atoms with E-state index in [9.17, 15) is 9.59 Å². The zero-order valence-electron chi connectivity index (χ0n) is 20.1. The number of hydrogen-bond acceptors (Lipinski definition) is 6. The van der Waals surface area contributed by atoms with E-state index in [0.717, 1.165) is 37.9 Å². The van der Waals surface area contributed by atoms with E-state index in [1.807, 2.05) is 51.1 Å². The number of nitrogens with one attached hydrogen (secondary N) is 1. The molecule has 2 aromatic rings. The molecule has 1 amide bonds. The van der Waals surface area contributed by atoms with Crippen molar-refractivity contribution in [3.05, 3.63) is 58.6 Å². The third kappa shape index (κ3) is 4.50. The summed E-state index contributed by atoms with van der Waals surface area (Å²) in [5, 5.41) is 12.2. The van der Waals surface area contributed by atoms with Crippen molar-refractivity contribution in [2.75, 3.05) is 5.32 Å². The number of hydrogen-bond donors (Lipinski definition) is 1. The maximum absolute atomic E-state index is 13.4. The molecule has 0 fully saturated rings. The lowest BCUT2D eigenvalue weighted by molar-refractivity contribution is -0.115. The van der Waals surface area contributed by atoms with E-state index < -0.39 is 5.25 Å². The van der Waals surface area contributed by atoms with Crippen LogP contribution < -0.4 is 10.9 Å². The Morgan fingerprint density at radius 2 is 1.89 bits per heavy atom. The van der Waals surface area contributed by atoms with Gasteiger partial charge in [-0.2, -0.15) is 9.78 Å². The van der Waals surface area contributed by atoms with Gasteiger partial charge in [-0.15, -0.1) is 5.10 Å². The highest BCUT2D eigenvalue weighted by atomic mass is 32.2. The van der Waals surface area contributed by atoms with Gasteiger partial charge in [0.05, 0.1) is 17.1 Å². The van der Waals surface area contributed by atoms with Crippen LogP contribution in [0.15, 0.2) is 52.5 Å². The van der Waals surface area contributed by atoms with Crippen LogP contribution in [0.4, 0.5) is 5.82 Å². The zero-order chi connectivity index (χ0) is 24.5. The third-order valence-electron chi connectivity index (χ3n) is 6.23. The monoisotopic (exact) mass is 491 g/mol. The summed E-state index contributed by atoms with van der Waals surface area (Å²) in [4.78, 5) is 31.2. The lowest BCUT2D eigenvalue weighted by Gasteiger charge is -2.20. The fourth-order valence-corrected chi connectivity index (χ4v) is 5.40. The molecule has 0 spiro atoms. The summed E-state index contributed by atoms with van der Waals surface area (Å²) in [6, 6.07) is 11.3. The van der Waals surface area contributed by atoms with Gasteiger partial charge in [-0.05, 0) is 52.2 Å². The molecule has 4 heterocycles. The number of aromatic nitrogens is 6. The van der Waals surface area contributed by atoms with Crippen LogP contribution >= 0.6 is 11.8 Å². The van der Waals surface area contributed by atoms with E-state index in [1.165, 1.54) is 16.4 Å². The Hall–Kier alpha value is -3.40. The maximum atomic E-state index is 13.4. The van der Waals surface area contributed by atoms with Gasteiger partial charge in [-0.25, -0.2) is 9.67 Å². The van der Waals surface area contributed by atoms with E-state index in [2.05, 4.69) is 20.1 Å². The predicted octanol–water partition coefficient (Wildman–Crippen LogP) is 4.16. The smallest absolute Gasteiger partial charge is 0.284 e. The Morgan fingerprint density at radius 1 is 1.09 bits per heavy atom. The molecule has 35 heavy (non-hydrogen) atoms. The number of para-hydroxylation sites is 1. The second-order valence-corrected chi connectivity index (χ2v) is 10.4. The lowest BCUT2D eigenvalue weighted by Crippen LogP contribution is -2.26. The van der Waals surface area contributed by atoms with Gasteiger partial charge in [-0.3, -0.25) is 9.59 Å². The van der Waals surface area contributed by atoms with Crippen molar-refractivity contribution in [1.82, 2.24) is 29.1 Å². The van der Waals surface area contributed by atoms with Crippen molar-refractivity contribution in [1.29, 1.82) is 0 Å². The van der Waals surface area contributed by atoms with Gasteiger partial charge >= 0.3 is 0 Å². The molecule has 0 saturated carbocycles. The van der Waals surface area contributed by atoms with Gasteiger partial charge in [0.15, 0.2) is 11.0 Å². The molecule has 10 heteroatoms. The maximum Gasteiger partial charge on any atom is 0.284 e. The molecule has 0 bridgehead atoms. The Bertz CT molecular complexity index is 1370. The highest BCUT2D eigenvalue weighted by Crippen LogP contribution is 2.32. The molecule has 182 valence electrons. The fraction of sp³-hybridized carbons (Fsp3) is 0.400. The van der Waals surface area contributed by atoms with Crippen LogP contribution in [0.25, 0.3) is 17.1 Å². The number of rotatable bonds is 6. The van der Waals surface area contributed by atoms with Gasteiger partial charge in [0, 0.05) is 24.3 Å². The SMILES string of the molecule is CC(C)n1nccc1NC(=O)[C@H](C)Sc1nc2nn(-c3ccccc3)c(=O)c-2c2n1CCCCC2. The normalized spacial score (nSPS) is 14.6. The Balaban J connectivity index is 1.51. The number of amides is 1. The highest BCUT2D eigenvalue weighted by molar-refractivity contribution is 8.00. The summed E-state index contributed by atoms with van der Waals surface area (Å²) in [5.74, 6) is 0.978. The molecule has 3 aliphatic rings. The number of nitrogens with zero attached hydrogens (tertiary/aromatic N) is 6. The first-order valence-electron chi connectivity index (χ1n) is 12.0. The largest absolute Gasteiger partial charge is 0.324 e. The van der Waals surface area contributed by atoms with Crippen LogP contribution in [-0.2, 0) is 17.8 Å². The van der Waals surface area contributed by atoms with Crippen molar-refractivity contribution in [2.24, 2.45) is 0 Å². The molecule has 1 aromatic carbocycles. The van der Waals surface area contributed by atoms with Crippen LogP contribution in [-0.4, -0.2) is 40.3 Å². The average molecular weight is 492 g/mol. The van der Waals surface area contributed by atoms with E-state index in [1.54, 1.807) is 16.9 Å². The molecule has 1 N–H and O–H groups in total. The molecule has 1 atom stereocenters. The first-order valence-corrected chi connectivity index (χ1v) is 12.9. The molecule has 0 radical (unpaired) electrons. The Morgan fingerprint density at radius 3 is 2.66 bits per heavy atom. The lowest BCUT2D eigenvalue weighted by atomic mass is 10.1. The van der Waals surface area contributed by atoms with Crippen LogP contribution in [0, 0.1) is 0 Å². The molecule has 3 aliphatic heterocycles. The second kappa shape index (κ2) is 9.69. The fourth-order valence-electron chi connectivity index (χ4n) is 4.45. The first kappa shape index (κ1) is 23.3. The molecule has 9 nitrogen and oxygen atoms in total. The van der Waals surface area contributed by atoms with Crippen LogP contribution in [0.3, 0.4) is 0 Å². The minimum absolute atomic E-state index is 0.124. The molecule has 1 aromatic heterocycles. The molecule has 0 saturated heterocycles.